The average Bonchev–Trinajstić information content (AvgIpc) is 2.50. The van der Waals surface area contributed by atoms with Crippen molar-refractivity contribution >= 4 is 17.9 Å². The Bertz CT molecular complexity index is 412. The number of rotatable bonds is 10. The predicted octanol–water partition coefficient (Wildman–Crippen LogP) is -6.20. The number of carbonyl (C=O) groups is 3. The Hall–Kier alpha value is -1.87. The van der Waals surface area contributed by atoms with Gasteiger partial charge in [-0.2, -0.15) is 0 Å². The minimum Gasteiger partial charge on any atom is -0.547 e. The first-order chi connectivity index (χ1) is 11.3. The number of hydrogen-bond acceptors (Lipinski definition) is 11. The van der Waals surface area contributed by atoms with Crippen molar-refractivity contribution in [1.29, 1.82) is 0 Å². The van der Waals surface area contributed by atoms with Crippen LogP contribution in [-0.4, -0.2) is 102 Å². The number of carboxylic acids is 3. The average molecular weight is 372 g/mol. The largest absolute Gasteiger partial charge is 0.547 e. The SMILES string of the molecule is NCC(O)C(O)C(O)C(O)CO.O=C(O)CC(O)(CC(=O)O)C(=O)[O-]. The highest BCUT2D eigenvalue weighted by molar-refractivity contribution is 5.86. The lowest BCUT2D eigenvalue weighted by molar-refractivity contribution is -0.325. The van der Waals surface area contributed by atoms with Gasteiger partial charge in [-0.15, -0.1) is 0 Å². The number of carbonyl (C=O) groups excluding carboxylic acids is 1. The van der Waals surface area contributed by atoms with Crippen molar-refractivity contribution in [3.05, 3.63) is 0 Å². The van der Waals surface area contributed by atoms with Gasteiger partial charge in [-0.25, -0.2) is 0 Å². The van der Waals surface area contributed by atoms with Crippen LogP contribution in [0.5, 0.6) is 0 Å². The minimum atomic E-state index is -2.85. The molecule has 4 unspecified atom stereocenters. The van der Waals surface area contributed by atoms with Gasteiger partial charge in [-0.3, -0.25) is 9.59 Å². The summed E-state index contributed by atoms with van der Waals surface area (Å²) in [7, 11) is 0. The first-order valence-corrected chi connectivity index (χ1v) is 6.73. The first-order valence-electron chi connectivity index (χ1n) is 6.73. The second kappa shape index (κ2) is 11.6. The standard InChI is InChI=1S/C6H15NO5.C6H8O7/c7-1-3(9)5(11)6(12)4(10)2-8;7-3(8)1-6(13,5(11)12)2-4(9)10/h3-6,8-12H,1-2,7H2;13H,1-2H2,(H,7,8)(H,9,10)(H,11,12)/p-1. The Kier molecular flexibility index (Phi) is 11.8. The van der Waals surface area contributed by atoms with Gasteiger partial charge in [0.05, 0.1) is 31.5 Å². The van der Waals surface area contributed by atoms with Crippen LogP contribution in [0.25, 0.3) is 0 Å². The third-order valence-corrected chi connectivity index (χ3v) is 2.83. The highest BCUT2D eigenvalue weighted by Crippen LogP contribution is 2.14. The van der Waals surface area contributed by atoms with E-state index < -0.39 is 67.4 Å². The Balaban J connectivity index is 0. The van der Waals surface area contributed by atoms with Gasteiger partial charge in [0.25, 0.3) is 0 Å². The molecule has 0 saturated carbocycles. The number of aliphatic hydroxyl groups excluding tert-OH is 5. The van der Waals surface area contributed by atoms with Gasteiger partial charge in [0.15, 0.2) is 0 Å². The van der Waals surface area contributed by atoms with Crippen LogP contribution in [-0.2, 0) is 14.4 Å². The van der Waals surface area contributed by atoms with E-state index in [1.54, 1.807) is 0 Å². The summed E-state index contributed by atoms with van der Waals surface area (Å²) >= 11 is 0. The van der Waals surface area contributed by atoms with E-state index in [9.17, 15) is 19.5 Å². The Morgan fingerprint density at radius 1 is 0.920 bits per heavy atom. The summed E-state index contributed by atoms with van der Waals surface area (Å²) in [6.07, 6.45) is -8.32. The van der Waals surface area contributed by atoms with Crippen LogP contribution in [0.3, 0.4) is 0 Å². The van der Waals surface area contributed by atoms with Crippen molar-refractivity contribution in [3.8, 4) is 0 Å². The molecule has 10 N–H and O–H groups in total. The molecule has 0 aromatic heterocycles. The lowest BCUT2D eigenvalue weighted by Gasteiger charge is -2.25. The third-order valence-electron chi connectivity index (χ3n) is 2.83. The summed E-state index contributed by atoms with van der Waals surface area (Å²) in [4.78, 5) is 30.3. The van der Waals surface area contributed by atoms with Crippen LogP contribution in [0.15, 0.2) is 0 Å². The summed E-state index contributed by atoms with van der Waals surface area (Å²) in [5.74, 6) is -5.35. The first kappa shape index (κ1) is 25.4. The van der Waals surface area contributed by atoms with E-state index in [2.05, 4.69) is 0 Å². The number of carboxylic acid groups (broad SMARTS) is 3. The third kappa shape index (κ3) is 9.88. The fraction of sp³-hybridized carbons (Fsp3) is 0.750. The molecule has 4 atom stereocenters. The zero-order valence-electron chi connectivity index (χ0n) is 12.9. The van der Waals surface area contributed by atoms with Crippen LogP contribution in [0.4, 0.5) is 0 Å². The second-order valence-corrected chi connectivity index (χ2v) is 4.99. The molecule has 0 amide bonds. The van der Waals surface area contributed by atoms with Crippen molar-refractivity contribution in [2.75, 3.05) is 13.2 Å². The van der Waals surface area contributed by atoms with Crippen molar-refractivity contribution < 1.29 is 60.3 Å². The van der Waals surface area contributed by atoms with Crippen molar-refractivity contribution in [2.24, 2.45) is 5.73 Å². The quantitative estimate of drug-likeness (QED) is 0.173. The van der Waals surface area contributed by atoms with Gasteiger partial charge in [0.1, 0.15) is 23.9 Å². The number of hydrogen-bond donors (Lipinski definition) is 9. The minimum absolute atomic E-state index is 0.226. The van der Waals surface area contributed by atoms with Gasteiger partial charge in [0.2, 0.25) is 0 Å². The Labute approximate surface area is 141 Å². The Morgan fingerprint density at radius 2 is 1.28 bits per heavy atom. The number of aliphatic carboxylic acids is 3. The van der Waals surface area contributed by atoms with E-state index >= 15 is 0 Å². The van der Waals surface area contributed by atoms with E-state index in [-0.39, 0.29) is 6.54 Å². The maximum Gasteiger partial charge on any atom is 0.306 e. The normalized spacial score (nSPS) is 16.0. The van der Waals surface area contributed by atoms with Gasteiger partial charge in [-0.05, 0) is 0 Å². The lowest BCUT2D eigenvalue weighted by Crippen LogP contribution is -2.51. The lowest BCUT2D eigenvalue weighted by atomic mass is 9.96. The highest BCUT2D eigenvalue weighted by atomic mass is 16.4. The molecular formula is C12H22NO12-. The molecule has 0 rings (SSSR count). The predicted molar refractivity (Wildman–Crippen MR) is 74.6 cm³/mol. The zero-order chi connectivity index (χ0) is 20.4. The molecule has 0 radical (unpaired) electrons. The summed E-state index contributed by atoms with van der Waals surface area (Å²) in [6.45, 7) is -0.911. The van der Waals surface area contributed by atoms with E-state index in [0.29, 0.717) is 0 Å². The van der Waals surface area contributed by atoms with Crippen molar-refractivity contribution in [2.45, 2.75) is 42.9 Å². The molecule has 25 heavy (non-hydrogen) atoms. The fourth-order valence-electron chi connectivity index (χ4n) is 1.41. The summed E-state index contributed by atoms with van der Waals surface area (Å²) in [6, 6.07) is 0. The maximum atomic E-state index is 10.2. The molecule has 13 heteroatoms. The van der Waals surface area contributed by atoms with Gasteiger partial charge in [-0.1, -0.05) is 0 Å². The molecular weight excluding hydrogens is 350 g/mol. The summed E-state index contributed by atoms with van der Waals surface area (Å²) in [5.41, 5.74) is 2.14. The zero-order valence-corrected chi connectivity index (χ0v) is 12.9. The summed E-state index contributed by atoms with van der Waals surface area (Å²) < 4.78 is 0. The van der Waals surface area contributed by atoms with Crippen LogP contribution < -0.4 is 10.8 Å². The van der Waals surface area contributed by atoms with Crippen molar-refractivity contribution in [3.63, 3.8) is 0 Å². The molecule has 0 spiro atoms. The molecule has 0 saturated heterocycles. The molecule has 0 bridgehead atoms. The van der Waals surface area contributed by atoms with Crippen LogP contribution in [0.2, 0.25) is 0 Å². The molecule has 0 aromatic carbocycles. The van der Waals surface area contributed by atoms with Crippen molar-refractivity contribution in [1.82, 2.24) is 0 Å². The monoisotopic (exact) mass is 372 g/mol. The fourth-order valence-corrected chi connectivity index (χ4v) is 1.41. The van der Waals surface area contributed by atoms with Crippen LogP contribution >= 0.6 is 0 Å². The van der Waals surface area contributed by atoms with Crippen LogP contribution in [0.1, 0.15) is 12.8 Å². The van der Waals surface area contributed by atoms with E-state index in [1.807, 2.05) is 0 Å². The number of nitrogens with two attached hydrogens (primary N) is 1. The Morgan fingerprint density at radius 3 is 1.52 bits per heavy atom. The number of aliphatic hydroxyl groups is 6. The second-order valence-electron chi connectivity index (χ2n) is 4.99. The van der Waals surface area contributed by atoms with E-state index in [1.165, 1.54) is 0 Å². The smallest absolute Gasteiger partial charge is 0.306 e. The topological polar surface area (TPSA) is 262 Å². The molecule has 0 aliphatic carbocycles. The maximum absolute atomic E-state index is 10.2. The summed E-state index contributed by atoms with van der Waals surface area (Å²) in [5, 5.41) is 79.7. The molecule has 0 heterocycles. The van der Waals surface area contributed by atoms with Gasteiger partial charge in [0, 0.05) is 6.54 Å². The molecule has 0 aromatic rings. The van der Waals surface area contributed by atoms with Crippen LogP contribution in [0, 0.1) is 0 Å². The van der Waals surface area contributed by atoms with Gasteiger partial charge >= 0.3 is 11.9 Å². The van der Waals surface area contributed by atoms with E-state index in [0.717, 1.165) is 0 Å². The molecule has 0 aliphatic heterocycles. The molecule has 148 valence electrons. The van der Waals surface area contributed by atoms with Gasteiger partial charge < -0.3 is 56.5 Å². The molecule has 13 nitrogen and oxygen atoms in total. The molecule has 0 aliphatic rings. The molecule has 0 fully saturated rings. The van der Waals surface area contributed by atoms with E-state index in [4.69, 9.17) is 46.6 Å². The highest BCUT2D eigenvalue weighted by Gasteiger charge is 2.34.